The summed E-state index contributed by atoms with van der Waals surface area (Å²) in [6.45, 7) is 11.0. The summed E-state index contributed by atoms with van der Waals surface area (Å²) in [5.74, 6) is 0. The summed E-state index contributed by atoms with van der Waals surface area (Å²) < 4.78 is 2.21. The molecule has 3 heteroatoms. The van der Waals surface area contributed by atoms with E-state index in [2.05, 4.69) is 48.9 Å². The molecule has 1 aromatic heterocycles. The zero-order valence-electron chi connectivity index (χ0n) is 13.2. The minimum atomic E-state index is 0.614. The number of hydrogen-bond acceptors (Lipinski definition) is 2. The zero-order chi connectivity index (χ0) is 14.1. The van der Waals surface area contributed by atoms with Gasteiger partial charge in [0.25, 0.3) is 0 Å². The molecular formula is C16H31N3. The van der Waals surface area contributed by atoms with E-state index in [4.69, 9.17) is 0 Å². The Kier molecular flexibility index (Phi) is 7.80. The van der Waals surface area contributed by atoms with Gasteiger partial charge >= 0.3 is 0 Å². The Morgan fingerprint density at radius 3 is 2.47 bits per heavy atom. The van der Waals surface area contributed by atoms with Crippen molar-refractivity contribution in [2.24, 2.45) is 0 Å². The number of hydrogen-bond donors (Lipinski definition) is 1. The Balaban J connectivity index is 2.16. The molecule has 0 fully saturated rings. The van der Waals surface area contributed by atoms with Crippen molar-refractivity contribution < 1.29 is 0 Å². The van der Waals surface area contributed by atoms with Crippen LogP contribution in [0.5, 0.6) is 0 Å². The zero-order valence-corrected chi connectivity index (χ0v) is 13.2. The molecule has 0 amide bonds. The predicted octanol–water partition coefficient (Wildman–Crippen LogP) is 3.57. The first-order valence-corrected chi connectivity index (χ1v) is 7.96. The lowest BCUT2D eigenvalue weighted by Gasteiger charge is -2.08. The standard InChI is InChI=1S/C16H31N3/c1-5-15-13-16(6-2)19(18-15)12-10-8-7-9-11-17-14(3)4/h13-14,17H,5-12H2,1-4H3. The summed E-state index contributed by atoms with van der Waals surface area (Å²) in [6, 6.07) is 2.87. The van der Waals surface area contributed by atoms with Crippen molar-refractivity contribution in [1.82, 2.24) is 15.1 Å². The Bertz CT molecular complexity index is 342. The maximum Gasteiger partial charge on any atom is 0.0624 e. The molecule has 0 spiro atoms. The average molecular weight is 265 g/mol. The Labute approximate surface area is 118 Å². The molecule has 0 saturated heterocycles. The van der Waals surface area contributed by atoms with Gasteiger partial charge in [-0.1, -0.05) is 40.5 Å². The van der Waals surface area contributed by atoms with Crippen LogP contribution in [0.4, 0.5) is 0 Å². The molecule has 0 aliphatic carbocycles. The van der Waals surface area contributed by atoms with Crippen molar-refractivity contribution in [1.29, 1.82) is 0 Å². The second kappa shape index (κ2) is 9.13. The molecule has 110 valence electrons. The highest BCUT2D eigenvalue weighted by molar-refractivity contribution is 5.10. The molecule has 1 heterocycles. The van der Waals surface area contributed by atoms with Crippen LogP contribution < -0.4 is 5.32 Å². The fourth-order valence-corrected chi connectivity index (χ4v) is 2.30. The van der Waals surface area contributed by atoms with E-state index in [0.29, 0.717) is 6.04 Å². The van der Waals surface area contributed by atoms with Crippen LogP contribution in [0.15, 0.2) is 6.07 Å². The van der Waals surface area contributed by atoms with E-state index in [9.17, 15) is 0 Å². The largest absolute Gasteiger partial charge is 0.315 e. The van der Waals surface area contributed by atoms with Crippen LogP contribution in [0, 0.1) is 0 Å². The topological polar surface area (TPSA) is 29.9 Å². The quantitative estimate of drug-likeness (QED) is 0.655. The molecule has 19 heavy (non-hydrogen) atoms. The van der Waals surface area contributed by atoms with Gasteiger partial charge in [0, 0.05) is 18.3 Å². The SMILES string of the molecule is CCc1cc(CC)n(CCCCCCNC(C)C)n1. The molecule has 0 aliphatic rings. The minimum absolute atomic E-state index is 0.614. The first kappa shape index (κ1) is 16.2. The van der Waals surface area contributed by atoms with E-state index < -0.39 is 0 Å². The Morgan fingerprint density at radius 2 is 1.84 bits per heavy atom. The highest BCUT2D eigenvalue weighted by atomic mass is 15.3. The molecule has 0 unspecified atom stereocenters. The second-order valence-electron chi connectivity index (χ2n) is 5.58. The minimum Gasteiger partial charge on any atom is -0.315 e. The van der Waals surface area contributed by atoms with E-state index in [1.807, 2.05) is 0 Å². The number of aryl methyl sites for hydroxylation is 3. The average Bonchev–Trinajstić information content (AvgIpc) is 2.79. The van der Waals surface area contributed by atoms with E-state index >= 15 is 0 Å². The van der Waals surface area contributed by atoms with Crippen LogP contribution in [-0.2, 0) is 19.4 Å². The van der Waals surface area contributed by atoms with Gasteiger partial charge in [-0.15, -0.1) is 0 Å². The third-order valence-electron chi connectivity index (χ3n) is 3.49. The summed E-state index contributed by atoms with van der Waals surface area (Å²) in [5, 5.41) is 8.13. The number of nitrogens with one attached hydrogen (secondary N) is 1. The van der Waals surface area contributed by atoms with Crippen molar-refractivity contribution in [3.63, 3.8) is 0 Å². The summed E-state index contributed by atoms with van der Waals surface area (Å²) >= 11 is 0. The van der Waals surface area contributed by atoms with Crippen LogP contribution in [-0.4, -0.2) is 22.4 Å². The molecule has 0 bridgehead atoms. The number of unbranched alkanes of at least 4 members (excludes halogenated alkanes) is 3. The molecule has 0 atom stereocenters. The Morgan fingerprint density at radius 1 is 1.11 bits per heavy atom. The highest BCUT2D eigenvalue weighted by Crippen LogP contribution is 2.09. The summed E-state index contributed by atoms with van der Waals surface area (Å²) in [4.78, 5) is 0. The van der Waals surface area contributed by atoms with Gasteiger partial charge in [0.15, 0.2) is 0 Å². The van der Waals surface area contributed by atoms with Gasteiger partial charge in [-0.05, 0) is 38.3 Å². The maximum absolute atomic E-state index is 4.66. The van der Waals surface area contributed by atoms with E-state index in [1.54, 1.807) is 0 Å². The van der Waals surface area contributed by atoms with Crippen molar-refractivity contribution >= 4 is 0 Å². The van der Waals surface area contributed by atoms with Crippen LogP contribution in [0.25, 0.3) is 0 Å². The van der Waals surface area contributed by atoms with Crippen molar-refractivity contribution in [3.05, 3.63) is 17.5 Å². The number of rotatable bonds is 10. The monoisotopic (exact) mass is 265 g/mol. The summed E-state index contributed by atoms with van der Waals surface area (Å²) in [6.07, 6.45) is 7.30. The molecule has 0 aliphatic heterocycles. The van der Waals surface area contributed by atoms with Crippen LogP contribution >= 0.6 is 0 Å². The van der Waals surface area contributed by atoms with Crippen LogP contribution in [0.1, 0.15) is 64.8 Å². The van der Waals surface area contributed by atoms with Crippen molar-refractivity contribution in [3.8, 4) is 0 Å². The van der Waals surface area contributed by atoms with E-state index in [0.717, 1.165) is 25.9 Å². The predicted molar refractivity (Wildman–Crippen MR) is 82.6 cm³/mol. The van der Waals surface area contributed by atoms with Gasteiger partial charge in [-0.3, -0.25) is 4.68 Å². The van der Waals surface area contributed by atoms with Crippen LogP contribution in [0.3, 0.4) is 0 Å². The fourth-order valence-electron chi connectivity index (χ4n) is 2.30. The molecule has 1 rings (SSSR count). The first-order valence-electron chi connectivity index (χ1n) is 7.96. The lowest BCUT2D eigenvalue weighted by molar-refractivity contribution is 0.500. The van der Waals surface area contributed by atoms with Gasteiger partial charge < -0.3 is 5.32 Å². The lowest BCUT2D eigenvalue weighted by atomic mass is 10.2. The molecule has 3 nitrogen and oxygen atoms in total. The van der Waals surface area contributed by atoms with Gasteiger partial charge in [0.2, 0.25) is 0 Å². The number of nitrogens with zero attached hydrogens (tertiary/aromatic N) is 2. The van der Waals surface area contributed by atoms with Crippen molar-refractivity contribution in [2.45, 2.75) is 78.8 Å². The molecule has 0 saturated carbocycles. The second-order valence-corrected chi connectivity index (χ2v) is 5.58. The lowest BCUT2D eigenvalue weighted by Crippen LogP contribution is -2.23. The van der Waals surface area contributed by atoms with Gasteiger partial charge in [0.1, 0.15) is 0 Å². The smallest absolute Gasteiger partial charge is 0.0624 e. The molecule has 0 radical (unpaired) electrons. The Hall–Kier alpha value is -0.830. The van der Waals surface area contributed by atoms with Crippen molar-refractivity contribution in [2.75, 3.05) is 6.54 Å². The molecule has 0 aromatic carbocycles. The highest BCUT2D eigenvalue weighted by Gasteiger charge is 2.04. The molecule has 1 N–H and O–H groups in total. The third-order valence-corrected chi connectivity index (χ3v) is 3.49. The van der Waals surface area contributed by atoms with Gasteiger partial charge in [-0.2, -0.15) is 5.10 Å². The summed E-state index contributed by atoms with van der Waals surface area (Å²) in [7, 11) is 0. The molecular weight excluding hydrogens is 234 g/mol. The van der Waals surface area contributed by atoms with Gasteiger partial charge in [-0.25, -0.2) is 0 Å². The third kappa shape index (κ3) is 6.24. The molecule has 1 aromatic rings. The van der Waals surface area contributed by atoms with E-state index in [1.165, 1.54) is 37.1 Å². The summed E-state index contributed by atoms with van der Waals surface area (Å²) in [5.41, 5.74) is 2.62. The first-order chi connectivity index (χ1) is 9.17. The maximum atomic E-state index is 4.66. The van der Waals surface area contributed by atoms with Gasteiger partial charge in [0.05, 0.1) is 5.69 Å². The van der Waals surface area contributed by atoms with E-state index in [-0.39, 0.29) is 0 Å². The fraction of sp³-hybridized carbons (Fsp3) is 0.812. The normalized spacial score (nSPS) is 11.4. The number of aromatic nitrogens is 2. The van der Waals surface area contributed by atoms with Crippen LogP contribution in [0.2, 0.25) is 0 Å².